The number of thiophene rings is 1. The van der Waals surface area contributed by atoms with Gasteiger partial charge >= 0.3 is 0 Å². The van der Waals surface area contributed by atoms with E-state index in [9.17, 15) is 4.79 Å². The third-order valence-corrected chi connectivity index (χ3v) is 5.66. The van der Waals surface area contributed by atoms with Crippen molar-refractivity contribution in [1.29, 1.82) is 0 Å². The van der Waals surface area contributed by atoms with Crippen LogP contribution in [0.15, 0.2) is 12.1 Å². The molecule has 1 heterocycles. The highest BCUT2D eigenvalue weighted by Crippen LogP contribution is 2.39. The number of carbonyl (C=O) groups is 1. The van der Waals surface area contributed by atoms with Crippen LogP contribution in [0.1, 0.15) is 37.5 Å². The van der Waals surface area contributed by atoms with Crippen molar-refractivity contribution in [3.05, 3.63) is 21.3 Å². The fraction of sp³-hybridized carbons (Fsp3) is 0.667. The zero-order valence-electron chi connectivity index (χ0n) is 12.2. The van der Waals surface area contributed by atoms with Crippen molar-refractivity contribution in [2.24, 2.45) is 17.1 Å². The standard InChI is InChI=1S/C15H23ClN2OS/c1-11-5-7-15(10-17,8-6-11)14(19)18(2)9-12-3-4-13(16)20-12/h3-4,11H,5-10,17H2,1-2H3. The van der Waals surface area contributed by atoms with Gasteiger partial charge in [-0.2, -0.15) is 0 Å². The average Bonchev–Trinajstić information content (AvgIpc) is 2.84. The van der Waals surface area contributed by atoms with Crippen molar-refractivity contribution in [2.75, 3.05) is 13.6 Å². The lowest BCUT2D eigenvalue weighted by Gasteiger charge is -2.39. The van der Waals surface area contributed by atoms with Crippen LogP contribution in [0.4, 0.5) is 0 Å². The van der Waals surface area contributed by atoms with E-state index in [2.05, 4.69) is 6.92 Å². The quantitative estimate of drug-likeness (QED) is 0.924. The Hall–Kier alpha value is -0.580. The van der Waals surface area contributed by atoms with Crippen LogP contribution < -0.4 is 5.73 Å². The number of carbonyl (C=O) groups excluding carboxylic acids is 1. The van der Waals surface area contributed by atoms with Crippen LogP contribution in [-0.2, 0) is 11.3 Å². The molecule has 5 heteroatoms. The van der Waals surface area contributed by atoms with Crippen molar-refractivity contribution in [3.8, 4) is 0 Å². The van der Waals surface area contributed by atoms with E-state index in [4.69, 9.17) is 17.3 Å². The van der Waals surface area contributed by atoms with Crippen LogP contribution >= 0.6 is 22.9 Å². The maximum atomic E-state index is 12.8. The molecule has 3 nitrogen and oxygen atoms in total. The molecule has 1 aromatic heterocycles. The van der Waals surface area contributed by atoms with Gasteiger partial charge in [0.05, 0.1) is 16.3 Å². The van der Waals surface area contributed by atoms with Crippen molar-refractivity contribution in [2.45, 2.75) is 39.2 Å². The second kappa shape index (κ2) is 6.46. The molecule has 2 N–H and O–H groups in total. The Morgan fingerprint density at radius 2 is 2.15 bits per heavy atom. The number of amides is 1. The van der Waals surface area contributed by atoms with E-state index in [0.717, 1.165) is 34.9 Å². The molecule has 112 valence electrons. The summed E-state index contributed by atoms with van der Waals surface area (Å²) in [4.78, 5) is 15.7. The maximum Gasteiger partial charge on any atom is 0.230 e. The molecule has 0 spiro atoms. The Bertz CT molecular complexity index is 466. The highest BCUT2D eigenvalue weighted by Gasteiger charge is 2.41. The minimum Gasteiger partial charge on any atom is -0.340 e. The van der Waals surface area contributed by atoms with E-state index in [1.54, 1.807) is 0 Å². The molecule has 0 radical (unpaired) electrons. The zero-order chi connectivity index (χ0) is 14.8. The van der Waals surface area contributed by atoms with Gasteiger partial charge in [-0.3, -0.25) is 4.79 Å². The van der Waals surface area contributed by atoms with E-state index in [0.29, 0.717) is 19.0 Å². The van der Waals surface area contributed by atoms with Gasteiger partial charge in [0.1, 0.15) is 0 Å². The van der Waals surface area contributed by atoms with Crippen molar-refractivity contribution in [1.82, 2.24) is 4.90 Å². The molecule has 1 saturated carbocycles. The summed E-state index contributed by atoms with van der Waals surface area (Å²) in [6.07, 6.45) is 4.03. The van der Waals surface area contributed by atoms with Crippen LogP contribution in [0.25, 0.3) is 0 Å². The number of halogens is 1. The first-order chi connectivity index (χ1) is 9.47. The molecule has 1 aliphatic carbocycles. The predicted octanol–water partition coefficient (Wildman–Crippen LogP) is 3.52. The SMILES string of the molecule is CC1CCC(CN)(C(=O)N(C)Cc2ccc(Cl)s2)CC1. The Balaban J connectivity index is 2.04. The number of hydrogen-bond acceptors (Lipinski definition) is 3. The lowest BCUT2D eigenvalue weighted by Crippen LogP contribution is -2.48. The summed E-state index contributed by atoms with van der Waals surface area (Å²) >= 11 is 7.47. The van der Waals surface area contributed by atoms with Crippen LogP contribution in [0.5, 0.6) is 0 Å². The lowest BCUT2D eigenvalue weighted by atomic mass is 9.70. The number of nitrogens with zero attached hydrogens (tertiary/aromatic N) is 1. The van der Waals surface area contributed by atoms with Crippen LogP contribution in [0.3, 0.4) is 0 Å². The molecule has 0 unspecified atom stereocenters. The summed E-state index contributed by atoms with van der Waals surface area (Å²) in [7, 11) is 1.87. The molecule has 0 aliphatic heterocycles. The Kier molecular flexibility index (Phi) is 5.10. The van der Waals surface area contributed by atoms with Gasteiger partial charge in [-0.25, -0.2) is 0 Å². The summed E-state index contributed by atoms with van der Waals surface area (Å²) in [6.45, 7) is 3.32. The second-order valence-electron chi connectivity index (χ2n) is 6.03. The normalized spacial score (nSPS) is 26.5. The molecule has 0 aromatic carbocycles. The molecule has 20 heavy (non-hydrogen) atoms. The Morgan fingerprint density at radius 3 is 2.65 bits per heavy atom. The smallest absolute Gasteiger partial charge is 0.230 e. The Morgan fingerprint density at radius 1 is 1.50 bits per heavy atom. The number of rotatable bonds is 4. The number of nitrogens with two attached hydrogens (primary N) is 1. The topological polar surface area (TPSA) is 46.3 Å². The Labute approximate surface area is 130 Å². The molecule has 2 rings (SSSR count). The van der Waals surface area contributed by atoms with Gasteiger partial charge in [0.25, 0.3) is 0 Å². The van der Waals surface area contributed by atoms with Gasteiger partial charge in [-0.05, 0) is 43.7 Å². The van der Waals surface area contributed by atoms with Crippen molar-refractivity contribution >= 4 is 28.8 Å². The molecule has 1 aliphatic rings. The van der Waals surface area contributed by atoms with E-state index < -0.39 is 0 Å². The van der Waals surface area contributed by atoms with Gasteiger partial charge in [-0.1, -0.05) is 18.5 Å². The van der Waals surface area contributed by atoms with E-state index in [-0.39, 0.29) is 11.3 Å². The highest BCUT2D eigenvalue weighted by atomic mass is 35.5. The van der Waals surface area contributed by atoms with Crippen LogP contribution in [-0.4, -0.2) is 24.4 Å². The monoisotopic (exact) mass is 314 g/mol. The molecular formula is C15H23ClN2OS. The summed E-state index contributed by atoms with van der Waals surface area (Å²) in [6, 6.07) is 3.86. The van der Waals surface area contributed by atoms with E-state index in [1.807, 2.05) is 24.1 Å². The molecule has 0 atom stereocenters. The minimum absolute atomic E-state index is 0.191. The minimum atomic E-state index is -0.345. The first-order valence-electron chi connectivity index (χ1n) is 7.17. The second-order valence-corrected chi connectivity index (χ2v) is 7.83. The summed E-state index contributed by atoms with van der Waals surface area (Å²) < 4.78 is 0.765. The number of hydrogen-bond donors (Lipinski definition) is 1. The molecule has 0 bridgehead atoms. The highest BCUT2D eigenvalue weighted by molar-refractivity contribution is 7.16. The van der Waals surface area contributed by atoms with E-state index >= 15 is 0 Å². The fourth-order valence-electron chi connectivity index (χ4n) is 2.97. The predicted molar refractivity (Wildman–Crippen MR) is 84.9 cm³/mol. The van der Waals surface area contributed by atoms with Gasteiger partial charge in [0.2, 0.25) is 5.91 Å². The zero-order valence-corrected chi connectivity index (χ0v) is 13.8. The van der Waals surface area contributed by atoms with Crippen LogP contribution in [0, 0.1) is 11.3 Å². The van der Waals surface area contributed by atoms with Gasteiger partial charge in [-0.15, -0.1) is 11.3 Å². The molecular weight excluding hydrogens is 292 g/mol. The fourth-order valence-corrected chi connectivity index (χ4v) is 4.11. The third-order valence-electron chi connectivity index (χ3n) is 4.44. The van der Waals surface area contributed by atoms with Gasteiger partial charge in [0.15, 0.2) is 0 Å². The first kappa shape index (κ1) is 15.8. The summed E-state index contributed by atoms with van der Waals surface area (Å²) in [5.41, 5.74) is 5.61. The third kappa shape index (κ3) is 3.35. The van der Waals surface area contributed by atoms with Crippen molar-refractivity contribution in [3.63, 3.8) is 0 Å². The molecule has 1 aromatic rings. The van der Waals surface area contributed by atoms with Gasteiger partial charge in [0, 0.05) is 18.5 Å². The average molecular weight is 315 g/mol. The molecule has 1 fully saturated rings. The first-order valence-corrected chi connectivity index (χ1v) is 8.36. The summed E-state index contributed by atoms with van der Waals surface area (Å²) in [5.74, 6) is 0.903. The summed E-state index contributed by atoms with van der Waals surface area (Å²) in [5, 5.41) is 0. The molecule has 0 saturated heterocycles. The lowest BCUT2D eigenvalue weighted by molar-refractivity contribution is -0.143. The molecule has 1 amide bonds. The largest absolute Gasteiger partial charge is 0.340 e. The van der Waals surface area contributed by atoms with Gasteiger partial charge < -0.3 is 10.6 Å². The maximum absolute atomic E-state index is 12.8. The van der Waals surface area contributed by atoms with Crippen LogP contribution in [0.2, 0.25) is 4.34 Å². The van der Waals surface area contributed by atoms with E-state index in [1.165, 1.54) is 11.3 Å². The van der Waals surface area contributed by atoms with Crippen molar-refractivity contribution < 1.29 is 4.79 Å².